The molecule has 0 aliphatic heterocycles. The van der Waals surface area contributed by atoms with E-state index in [0.717, 1.165) is 17.9 Å². The number of ether oxygens (including phenoxy) is 2. The minimum absolute atomic E-state index is 0.650. The van der Waals surface area contributed by atoms with Crippen molar-refractivity contribution >= 4 is 0 Å². The van der Waals surface area contributed by atoms with Gasteiger partial charge < -0.3 is 14.8 Å². The normalized spacial score (nSPS) is 8.94. The van der Waals surface area contributed by atoms with E-state index in [1.165, 1.54) is 5.56 Å². The fraction of sp³-hybridized carbons (Fsp3) is 0.429. The van der Waals surface area contributed by atoms with Crippen molar-refractivity contribution in [2.24, 2.45) is 0 Å². The van der Waals surface area contributed by atoms with Crippen molar-refractivity contribution < 1.29 is 9.47 Å². The van der Waals surface area contributed by atoms with Gasteiger partial charge in [-0.2, -0.15) is 0 Å². The van der Waals surface area contributed by atoms with Crippen molar-refractivity contribution in [3.63, 3.8) is 0 Å². The fourth-order valence-electron chi connectivity index (χ4n) is 1.28. The van der Waals surface area contributed by atoms with Crippen LogP contribution in [0.4, 0.5) is 0 Å². The van der Waals surface area contributed by atoms with Crippen LogP contribution in [-0.4, -0.2) is 27.8 Å². The second-order valence-corrected chi connectivity index (χ2v) is 3.41. The summed E-state index contributed by atoms with van der Waals surface area (Å²) < 4.78 is 10.6. The molecule has 0 aromatic heterocycles. The molecule has 0 bridgehead atoms. The van der Waals surface area contributed by atoms with Gasteiger partial charge in [-0.3, -0.25) is 0 Å². The summed E-state index contributed by atoms with van der Waals surface area (Å²) in [7, 11) is 5.40. The van der Waals surface area contributed by atoms with Crippen molar-refractivity contribution in [3.05, 3.63) is 36.4 Å². The van der Waals surface area contributed by atoms with E-state index in [9.17, 15) is 0 Å². The molecule has 0 aliphatic rings. The maximum Gasteiger partial charge on any atom is 0.161 e. The molecule has 3 heteroatoms. The third-order valence-electron chi connectivity index (χ3n) is 1.91. The van der Waals surface area contributed by atoms with E-state index in [4.69, 9.17) is 9.47 Å². The van der Waals surface area contributed by atoms with E-state index in [0.29, 0.717) is 6.61 Å². The number of methoxy groups -OCH3 is 1. The standard InChI is InChI=1S/C12H16O2.C2H7N/c1-4-6-10-7-8-11(14-5-2)12(9-10)13-3;1-3-2/h4,7-9H,1,5-6H2,2-3H3;3H,1-2H3. The molecule has 0 saturated heterocycles. The van der Waals surface area contributed by atoms with E-state index in [-0.39, 0.29) is 0 Å². The highest BCUT2D eigenvalue weighted by Crippen LogP contribution is 2.28. The molecule has 0 amide bonds. The van der Waals surface area contributed by atoms with Crippen LogP contribution < -0.4 is 14.8 Å². The van der Waals surface area contributed by atoms with Crippen LogP contribution in [0.25, 0.3) is 0 Å². The van der Waals surface area contributed by atoms with Gasteiger partial charge in [0.15, 0.2) is 11.5 Å². The Morgan fingerprint density at radius 3 is 2.41 bits per heavy atom. The van der Waals surface area contributed by atoms with E-state index in [1.807, 2.05) is 45.3 Å². The van der Waals surface area contributed by atoms with Crippen LogP contribution in [0.1, 0.15) is 12.5 Å². The highest BCUT2D eigenvalue weighted by atomic mass is 16.5. The summed E-state index contributed by atoms with van der Waals surface area (Å²) in [5, 5.41) is 2.75. The molecule has 1 aromatic carbocycles. The van der Waals surface area contributed by atoms with Gasteiger partial charge in [0.05, 0.1) is 13.7 Å². The molecule has 1 rings (SSSR count). The first-order chi connectivity index (χ1) is 8.23. The lowest BCUT2D eigenvalue weighted by Crippen LogP contribution is -1.96. The van der Waals surface area contributed by atoms with Crippen molar-refractivity contribution in [3.8, 4) is 11.5 Å². The Labute approximate surface area is 104 Å². The summed E-state index contributed by atoms with van der Waals surface area (Å²) in [6.07, 6.45) is 2.72. The largest absolute Gasteiger partial charge is 0.493 e. The molecule has 0 unspecified atom stereocenters. The van der Waals surface area contributed by atoms with E-state index >= 15 is 0 Å². The average molecular weight is 237 g/mol. The Hall–Kier alpha value is -1.48. The Morgan fingerprint density at radius 2 is 1.94 bits per heavy atom. The Kier molecular flexibility index (Phi) is 8.88. The van der Waals surface area contributed by atoms with Crippen LogP contribution in [-0.2, 0) is 6.42 Å². The Morgan fingerprint density at radius 1 is 1.29 bits per heavy atom. The fourth-order valence-corrected chi connectivity index (χ4v) is 1.28. The van der Waals surface area contributed by atoms with Crippen molar-refractivity contribution in [1.29, 1.82) is 0 Å². The van der Waals surface area contributed by atoms with Gasteiger partial charge in [0.25, 0.3) is 0 Å². The molecule has 0 radical (unpaired) electrons. The summed E-state index contributed by atoms with van der Waals surface area (Å²) in [5.41, 5.74) is 1.18. The van der Waals surface area contributed by atoms with E-state index in [1.54, 1.807) is 7.11 Å². The molecule has 0 aliphatic carbocycles. The summed E-state index contributed by atoms with van der Waals surface area (Å²) in [4.78, 5) is 0. The lowest BCUT2D eigenvalue weighted by Gasteiger charge is -2.10. The van der Waals surface area contributed by atoms with Crippen molar-refractivity contribution in [1.82, 2.24) is 5.32 Å². The monoisotopic (exact) mass is 237 g/mol. The minimum atomic E-state index is 0.650. The predicted molar refractivity (Wildman–Crippen MR) is 73.0 cm³/mol. The third kappa shape index (κ3) is 5.97. The Bertz CT molecular complexity index is 324. The van der Waals surface area contributed by atoms with Crippen LogP contribution in [0, 0.1) is 0 Å². The van der Waals surface area contributed by atoms with Gasteiger partial charge in [0, 0.05) is 0 Å². The molecule has 1 N–H and O–H groups in total. The second kappa shape index (κ2) is 9.73. The number of nitrogens with one attached hydrogen (secondary N) is 1. The number of benzene rings is 1. The lowest BCUT2D eigenvalue weighted by atomic mass is 10.1. The summed E-state index contributed by atoms with van der Waals surface area (Å²) in [6, 6.07) is 5.93. The molecule has 17 heavy (non-hydrogen) atoms. The van der Waals surface area contributed by atoms with Gasteiger partial charge in [-0.15, -0.1) is 6.58 Å². The van der Waals surface area contributed by atoms with Crippen LogP contribution in [0.5, 0.6) is 11.5 Å². The smallest absolute Gasteiger partial charge is 0.161 e. The quantitative estimate of drug-likeness (QED) is 0.799. The topological polar surface area (TPSA) is 30.5 Å². The zero-order chi connectivity index (χ0) is 13.1. The zero-order valence-corrected chi connectivity index (χ0v) is 11.2. The molecular formula is C14H23NO2. The van der Waals surface area contributed by atoms with Crippen molar-refractivity contribution in [2.75, 3.05) is 27.8 Å². The van der Waals surface area contributed by atoms with E-state index < -0.39 is 0 Å². The first-order valence-electron chi connectivity index (χ1n) is 5.72. The zero-order valence-electron chi connectivity index (χ0n) is 11.2. The molecule has 0 heterocycles. The molecule has 3 nitrogen and oxygen atoms in total. The van der Waals surface area contributed by atoms with Crippen molar-refractivity contribution in [2.45, 2.75) is 13.3 Å². The van der Waals surface area contributed by atoms with Crippen LogP contribution >= 0.6 is 0 Å². The van der Waals surface area contributed by atoms with Crippen LogP contribution in [0.2, 0.25) is 0 Å². The number of rotatable bonds is 5. The lowest BCUT2D eigenvalue weighted by molar-refractivity contribution is 0.310. The first-order valence-corrected chi connectivity index (χ1v) is 5.72. The molecule has 1 aromatic rings. The molecule has 96 valence electrons. The third-order valence-corrected chi connectivity index (χ3v) is 1.91. The van der Waals surface area contributed by atoms with Gasteiger partial charge in [-0.1, -0.05) is 12.1 Å². The summed E-state index contributed by atoms with van der Waals surface area (Å²) in [6.45, 7) is 6.30. The van der Waals surface area contributed by atoms with Crippen LogP contribution in [0.15, 0.2) is 30.9 Å². The molecule has 0 saturated carbocycles. The van der Waals surface area contributed by atoms with Gasteiger partial charge >= 0.3 is 0 Å². The maximum absolute atomic E-state index is 5.41. The second-order valence-electron chi connectivity index (χ2n) is 3.41. The average Bonchev–Trinajstić information content (AvgIpc) is 2.33. The minimum Gasteiger partial charge on any atom is -0.493 e. The summed E-state index contributed by atoms with van der Waals surface area (Å²) in [5.74, 6) is 1.58. The SMILES string of the molecule is C=CCc1ccc(OCC)c(OC)c1.CNC. The van der Waals surface area contributed by atoms with E-state index in [2.05, 4.69) is 11.9 Å². The predicted octanol–water partition coefficient (Wildman–Crippen LogP) is 2.66. The number of hydrogen-bond acceptors (Lipinski definition) is 3. The molecule has 0 atom stereocenters. The number of allylic oxidation sites excluding steroid dienone is 1. The Balaban J connectivity index is 0.000000770. The van der Waals surface area contributed by atoms with Crippen LogP contribution in [0.3, 0.4) is 0 Å². The summed E-state index contributed by atoms with van der Waals surface area (Å²) >= 11 is 0. The molecule has 0 spiro atoms. The van der Waals surface area contributed by atoms with Gasteiger partial charge in [0.1, 0.15) is 0 Å². The highest BCUT2D eigenvalue weighted by Gasteiger charge is 2.03. The van der Waals surface area contributed by atoms with Gasteiger partial charge in [-0.05, 0) is 45.1 Å². The van der Waals surface area contributed by atoms with Gasteiger partial charge in [-0.25, -0.2) is 0 Å². The number of hydrogen-bond donors (Lipinski definition) is 1. The first kappa shape index (κ1) is 15.5. The maximum atomic E-state index is 5.41. The molecular weight excluding hydrogens is 214 g/mol. The highest BCUT2D eigenvalue weighted by molar-refractivity contribution is 5.43. The molecule has 0 fully saturated rings. The van der Waals surface area contributed by atoms with Gasteiger partial charge in [0.2, 0.25) is 0 Å².